The first kappa shape index (κ1) is 39.1. The van der Waals surface area contributed by atoms with Crippen LogP contribution in [-0.4, -0.2) is 92.3 Å². The molecule has 9 atom stereocenters. The molecule has 0 aromatic heterocycles. The van der Waals surface area contributed by atoms with Crippen molar-refractivity contribution in [2.45, 2.75) is 73.5 Å². The van der Waals surface area contributed by atoms with Crippen molar-refractivity contribution in [1.29, 1.82) is 0 Å². The van der Waals surface area contributed by atoms with Crippen molar-refractivity contribution in [3.8, 4) is 0 Å². The van der Waals surface area contributed by atoms with Gasteiger partial charge >= 0.3 is 5.97 Å². The zero-order chi connectivity index (χ0) is 38.6. The van der Waals surface area contributed by atoms with Crippen LogP contribution < -0.4 is 0 Å². The third kappa shape index (κ3) is 7.29. The van der Waals surface area contributed by atoms with E-state index in [0.29, 0.717) is 17.5 Å². The number of hydrogen-bond acceptors (Lipinski definition) is 7. The van der Waals surface area contributed by atoms with E-state index < -0.39 is 66.3 Å². The average molecular weight is 799 g/mol. The second-order valence-electron chi connectivity index (χ2n) is 14.4. The highest BCUT2D eigenvalue weighted by atomic mass is 79.9. The van der Waals surface area contributed by atoms with Crippen LogP contribution in [0.25, 0.3) is 0 Å². The van der Waals surface area contributed by atoms with E-state index in [4.69, 9.17) is 9.47 Å². The summed E-state index contributed by atoms with van der Waals surface area (Å²) in [5.74, 6) is -3.75. The van der Waals surface area contributed by atoms with Gasteiger partial charge in [-0.05, 0) is 36.5 Å². The number of allylic oxidation sites excluding steroid dienone is 1. The number of alkyl halides is 1. The summed E-state index contributed by atoms with van der Waals surface area (Å²) in [4.78, 5) is 62.3. The fourth-order valence-electron chi connectivity index (χ4n) is 8.47. The van der Waals surface area contributed by atoms with Crippen LogP contribution in [0.3, 0.4) is 0 Å². The molecule has 3 saturated heterocycles. The highest BCUT2D eigenvalue weighted by Gasteiger charge is 2.77. The number of esters is 1. The molecule has 10 nitrogen and oxygen atoms in total. The normalized spacial score (nSPS) is 25.7. The maximum absolute atomic E-state index is 15.1. The Hall–Kier alpha value is -4.58. The number of carbonyl (C=O) groups is 4. The Morgan fingerprint density at radius 2 is 1.61 bits per heavy atom. The molecule has 3 heterocycles. The van der Waals surface area contributed by atoms with Crippen LogP contribution in [0.5, 0.6) is 0 Å². The van der Waals surface area contributed by atoms with Gasteiger partial charge in [0.1, 0.15) is 17.7 Å². The Bertz CT molecular complexity index is 1830. The van der Waals surface area contributed by atoms with Crippen molar-refractivity contribution in [2.24, 2.45) is 11.8 Å². The first-order valence-electron chi connectivity index (χ1n) is 18.4. The Kier molecular flexibility index (Phi) is 12.2. The lowest BCUT2D eigenvalue weighted by molar-refractivity contribution is -0.165. The zero-order valence-corrected chi connectivity index (χ0v) is 32.3. The summed E-state index contributed by atoms with van der Waals surface area (Å²) in [5, 5.41) is 10.9. The third-order valence-electron chi connectivity index (χ3n) is 11.2. The summed E-state index contributed by atoms with van der Waals surface area (Å²) in [6.45, 7) is 9.45. The van der Waals surface area contributed by atoms with Gasteiger partial charge in [-0.15, -0.1) is 13.2 Å². The summed E-state index contributed by atoms with van der Waals surface area (Å²) >= 11 is 3.76. The molecular formula is C43H48BrN3O7. The van der Waals surface area contributed by atoms with Crippen molar-refractivity contribution >= 4 is 39.6 Å². The largest absolute Gasteiger partial charge is 0.455 e. The summed E-state index contributed by atoms with van der Waals surface area (Å²) < 4.78 is 13.2. The summed E-state index contributed by atoms with van der Waals surface area (Å²) in [5.41, 5.74) is 0.825. The lowest BCUT2D eigenvalue weighted by Gasteiger charge is -2.39. The topological polar surface area (TPSA) is 117 Å². The maximum atomic E-state index is 15.1. The molecule has 3 aromatic carbocycles. The molecule has 54 heavy (non-hydrogen) atoms. The molecule has 3 fully saturated rings. The number of aliphatic hydroxyl groups is 1. The van der Waals surface area contributed by atoms with Gasteiger partial charge in [0.05, 0.1) is 36.6 Å². The molecule has 6 rings (SSSR count). The smallest absolute Gasteiger partial charge is 0.313 e. The molecule has 3 amide bonds. The van der Waals surface area contributed by atoms with Gasteiger partial charge < -0.3 is 29.3 Å². The molecule has 0 radical (unpaired) electrons. The first-order valence-corrected chi connectivity index (χ1v) is 19.3. The molecule has 3 aliphatic rings. The Morgan fingerprint density at radius 3 is 2.20 bits per heavy atom. The van der Waals surface area contributed by atoms with Crippen LogP contribution in [0.4, 0.5) is 0 Å². The zero-order valence-electron chi connectivity index (χ0n) is 30.7. The monoisotopic (exact) mass is 797 g/mol. The number of amides is 3. The van der Waals surface area contributed by atoms with Crippen molar-refractivity contribution in [3.63, 3.8) is 0 Å². The van der Waals surface area contributed by atoms with Gasteiger partial charge in [0.25, 0.3) is 0 Å². The molecule has 2 bridgehead atoms. The van der Waals surface area contributed by atoms with Crippen molar-refractivity contribution < 1.29 is 33.8 Å². The second kappa shape index (κ2) is 16.8. The molecule has 1 N–H and O–H groups in total. The standard InChI is InChI=1S/C43H48BrN3O7/c1-5-7-23-34(49)45(4)28(3)37(31-21-15-10-16-22-31)53-42(52)35-36-40(50)47(33(27-48)30-19-13-9-14-20-30)39(43(36)25-32(44)38(35)54-43)41(51)46(24-6-2)26-29-17-11-8-12-18-29/h5-6,8-22,28,32-33,35-39,48H,1-2,7,23-27H2,3-4H3/t28-,32?,33-,35-,36+,37+,38-,39-,43+/m1/s1. The number of benzene rings is 3. The molecule has 1 spiro atoms. The Labute approximate surface area is 325 Å². The number of fused-ring (bicyclic) bond motifs is 1. The van der Waals surface area contributed by atoms with E-state index in [1.807, 2.05) is 97.9 Å². The number of carbonyl (C=O) groups excluding carboxylic acids is 4. The third-order valence-corrected chi connectivity index (χ3v) is 12.0. The van der Waals surface area contributed by atoms with Crippen molar-refractivity contribution in [3.05, 3.63) is 133 Å². The molecule has 0 saturated carbocycles. The van der Waals surface area contributed by atoms with Gasteiger partial charge in [-0.25, -0.2) is 0 Å². The van der Waals surface area contributed by atoms with Gasteiger partial charge in [0.2, 0.25) is 17.7 Å². The Balaban J connectivity index is 1.40. The predicted molar refractivity (Wildman–Crippen MR) is 208 cm³/mol. The molecule has 284 valence electrons. The summed E-state index contributed by atoms with van der Waals surface area (Å²) in [6.07, 6.45) is 2.74. The summed E-state index contributed by atoms with van der Waals surface area (Å²) in [7, 11) is 1.68. The van der Waals surface area contributed by atoms with Crippen LogP contribution >= 0.6 is 15.9 Å². The second-order valence-corrected chi connectivity index (χ2v) is 15.5. The van der Waals surface area contributed by atoms with Gasteiger partial charge in [-0.3, -0.25) is 19.2 Å². The van der Waals surface area contributed by atoms with E-state index in [9.17, 15) is 14.7 Å². The number of likely N-dealkylation sites (tertiary alicyclic amines) is 1. The molecule has 3 aromatic rings. The molecular weight excluding hydrogens is 750 g/mol. The van der Waals surface area contributed by atoms with Gasteiger partial charge in [0.15, 0.2) is 0 Å². The average Bonchev–Trinajstić information content (AvgIpc) is 3.79. The van der Waals surface area contributed by atoms with Crippen LogP contribution in [0.1, 0.15) is 55.0 Å². The molecule has 1 unspecified atom stereocenters. The van der Waals surface area contributed by atoms with Gasteiger partial charge in [-0.1, -0.05) is 119 Å². The molecule has 11 heteroatoms. The summed E-state index contributed by atoms with van der Waals surface area (Å²) in [6, 6.07) is 25.2. The fourth-order valence-corrected chi connectivity index (χ4v) is 9.41. The number of likely N-dealkylation sites (N-methyl/N-ethyl adjacent to an activating group) is 1. The minimum Gasteiger partial charge on any atom is -0.455 e. The van der Waals surface area contributed by atoms with E-state index in [0.717, 1.165) is 5.56 Å². The number of rotatable bonds is 16. The van der Waals surface area contributed by atoms with Gasteiger partial charge in [0, 0.05) is 31.4 Å². The van der Waals surface area contributed by atoms with E-state index in [-0.39, 0.29) is 42.6 Å². The predicted octanol–water partition coefficient (Wildman–Crippen LogP) is 5.78. The quantitative estimate of drug-likeness (QED) is 0.111. The van der Waals surface area contributed by atoms with Crippen LogP contribution in [0.15, 0.2) is 116 Å². The number of nitrogens with zero attached hydrogens (tertiary/aromatic N) is 3. The van der Waals surface area contributed by atoms with Crippen molar-refractivity contribution in [1.82, 2.24) is 14.7 Å². The fraction of sp³-hybridized carbons (Fsp3) is 0.395. The van der Waals surface area contributed by atoms with E-state index in [2.05, 4.69) is 29.1 Å². The first-order chi connectivity index (χ1) is 26.1. The minimum absolute atomic E-state index is 0.124. The highest BCUT2D eigenvalue weighted by molar-refractivity contribution is 9.09. The number of hydrogen-bond donors (Lipinski definition) is 1. The molecule has 0 aliphatic carbocycles. The molecule has 3 aliphatic heterocycles. The number of halogens is 1. The lowest BCUT2D eigenvalue weighted by atomic mass is 9.70. The van der Waals surface area contributed by atoms with E-state index >= 15 is 9.59 Å². The van der Waals surface area contributed by atoms with E-state index in [1.54, 1.807) is 29.0 Å². The number of aliphatic hydroxyl groups excluding tert-OH is 1. The number of ether oxygens (including phenoxy) is 2. The van der Waals surface area contributed by atoms with Gasteiger partial charge in [-0.2, -0.15) is 0 Å². The highest BCUT2D eigenvalue weighted by Crippen LogP contribution is 2.61. The maximum Gasteiger partial charge on any atom is 0.313 e. The van der Waals surface area contributed by atoms with Crippen LogP contribution in [0, 0.1) is 11.8 Å². The lowest BCUT2D eigenvalue weighted by Crippen LogP contribution is -2.57. The van der Waals surface area contributed by atoms with Crippen molar-refractivity contribution in [2.75, 3.05) is 20.2 Å². The minimum atomic E-state index is -1.40. The van der Waals surface area contributed by atoms with E-state index in [1.165, 1.54) is 4.90 Å². The Morgan fingerprint density at radius 1 is 1.00 bits per heavy atom. The van der Waals surface area contributed by atoms with Crippen LogP contribution in [-0.2, 0) is 35.2 Å². The SMILES string of the molecule is C=CCCC(=O)N(C)[C@H](C)[C@H](OC(=O)[C@H]1[C@@H]2O[C@@]3(CC2Br)[C@@H]1C(=O)N([C@H](CO)c1ccccc1)[C@@H]3C(=O)N(CC=C)Cc1ccccc1)c1ccccc1. The van der Waals surface area contributed by atoms with Crippen LogP contribution in [0.2, 0.25) is 0 Å².